The zero-order valence-corrected chi connectivity index (χ0v) is 12.4. The molecule has 0 aliphatic carbocycles. The van der Waals surface area contributed by atoms with Gasteiger partial charge in [-0.2, -0.15) is 0 Å². The van der Waals surface area contributed by atoms with Crippen LogP contribution in [0.2, 0.25) is 0 Å². The average molecular weight is 288 g/mol. The zero-order chi connectivity index (χ0) is 13.9. The second-order valence-corrected chi connectivity index (χ2v) is 7.91. The van der Waals surface area contributed by atoms with Crippen LogP contribution in [0.25, 0.3) is 0 Å². The molecule has 2 fully saturated rings. The largest absolute Gasteiger partial charge is 0.303 e. The van der Waals surface area contributed by atoms with Gasteiger partial charge in [0.05, 0.1) is 6.26 Å². The molecule has 110 valence electrons. The molecule has 0 aromatic rings. The van der Waals surface area contributed by atoms with Crippen molar-refractivity contribution < 1.29 is 13.2 Å². The molecule has 2 saturated heterocycles. The molecule has 2 atom stereocenters. The predicted molar refractivity (Wildman–Crippen MR) is 74.4 cm³/mol. The lowest BCUT2D eigenvalue weighted by atomic mass is 9.95. The number of sulfonamides is 1. The van der Waals surface area contributed by atoms with Gasteiger partial charge in [-0.1, -0.05) is 0 Å². The number of nitrogens with zero attached hydrogens (tertiary/aromatic N) is 2. The molecule has 2 heterocycles. The number of piperidine rings is 2. The zero-order valence-electron chi connectivity index (χ0n) is 11.6. The summed E-state index contributed by atoms with van der Waals surface area (Å²) in [5.41, 5.74) is 0. The summed E-state index contributed by atoms with van der Waals surface area (Å²) in [4.78, 5) is 13.2. The van der Waals surface area contributed by atoms with Gasteiger partial charge in [-0.25, -0.2) is 12.7 Å². The molecule has 0 bridgehead atoms. The summed E-state index contributed by atoms with van der Waals surface area (Å²) in [5, 5.41) is 0. The van der Waals surface area contributed by atoms with Crippen molar-refractivity contribution in [2.24, 2.45) is 11.8 Å². The van der Waals surface area contributed by atoms with E-state index in [4.69, 9.17) is 0 Å². The van der Waals surface area contributed by atoms with Crippen molar-refractivity contribution in [2.45, 2.75) is 25.7 Å². The minimum Gasteiger partial charge on any atom is -0.303 e. The molecule has 2 rings (SSSR count). The molecule has 0 aromatic carbocycles. The van der Waals surface area contributed by atoms with Crippen molar-refractivity contribution in [3.05, 3.63) is 0 Å². The second kappa shape index (κ2) is 6.33. The molecule has 2 aliphatic rings. The maximum absolute atomic E-state index is 11.6. The molecule has 19 heavy (non-hydrogen) atoms. The van der Waals surface area contributed by atoms with E-state index in [1.807, 2.05) is 0 Å². The van der Waals surface area contributed by atoms with Gasteiger partial charge in [-0.15, -0.1) is 0 Å². The van der Waals surface area contributed by atoms with Gasteiger partial charge in [0.25, 0.3) is 0 Å². The normalized spacial score (nSPS) is 31.2. The summed E-state index contributed by atoms with van der Waals surface area (Å²) in [6, 6.07) is 0. The summed E-state index contributed by atoms with van der Waals surface area (Å²) in [6.45, 7) is 4.11. The first-order valence-electron chi connectivity index (χ1n) is 7.12. The Morgan fingerprint density at radius 2 is 1.89 bits per heavy atom. The van der Waals surface area contributed by atoms with Gasteiger partial charge in [0.1, 0.15) is 6.29 Å². The third kappa shape index (κ3) is 4.26. The molecule has 0 radical (unpaired) electrons. The summed E-state index contributed by atoms with van der Waals surface area (Å²) in [7, 11) is -3.06. The van der Waals surface area contributed by atoms with Crippen molar-refractivity contribution >= 4 is 16.3 Å². The molecule has 0 aromatic heterocycles. The molecule has 0 N–H and O–H groups in total. The Morgan fingerprint density at radius 3 is 2.58 bits per heavy atom. The van der Waals surface area contributed by atoms with Crippen molar-refractivity contribution in [3.8, 4) is 0 Å². The van der Waals surface area contributed by atoms with Gasteiger partial charge in [0.15, 0.2) is 0 Å². The number of aldehydes is 1. The van der Waals surface area contributed by atoms with Crippen LogP contribution in [0.15, 0.2) is 0 Å². The molecule has 2 unspecified atom stereocenters. The predicted octanol–water partition coefficient (Wildman–Crippen LogP) is 0.569. The Morgan fingerprint density at radius 1 is 1.16 bits per heavy atom. The standard InChI is InChI=1S/C13H24N2O3S/c1-19(17,18)15-7-3-4-12(10-15)8-14-6-2-5-13(9-14)11-16/h11-13H,2-10H2,1H3. The van der Waals surface area contributed by atoms with Gasteiger partial charge < -0.3 is 9.69 Å². The number of hydrogen-bond donors (Lipinski definition) is 0. The molecule has 0 spiro atoms. The van der Waals surface area contributed by atoms with Gasteiger partial charge in [0.2, 0.25) is 10.0 Å². The van der Waals surface area contributed by atoms with Crippen LogP contribution >= 0.6 is 0 Å². The minimum absolute atomic E-state index is 0.170. The first-order chi connectivity index (χ1) is 8.99. The van der Waals surface area contributed by atoms with Crippen LogP contribution in [0.4, 0.5) is 0 Å². The third-order valence-corrected chi connectivity index (χ3v) is 5.47. The highest BCUT2D eigenvalue weighted by molar-refractivity contribution is 7.88. The van der Waals surface area contributed by atoms with Crippen LogP contribution in [0.5, 0.6) is 0 Å². The van der Waals surface area contributed by atoms with E-state index in [9.17, 15) is 13.2 Å². The minimum atomic E-state index is -3.06. The van der Waals surface area contributed by atoms with Crippen molar-refractivity contribution in [2.75, 3.05) is 39.0 Å². The first kappa shape index (κ1) is 14.9. The molecule has 6 heteroatoms. The molecule has 2 aliphatic heterocycles. The summed E-state index contributed by atoms with van der Waals surface area (Å²) in [5.74, 6) is 0.581. The highest BCUT2D eigenvalue weighted by Gasteiger charge is 2.28. The fourth-order valence-corrected chi connectivity index (χ4v) is 4.15. The van der Waals surface area contributed by atoms with E-state index in [0.717, 1.165) is 51.6 Å². The Balaban J connectivity index is 1.87. The molecular formula is C13H24N2O3S. The lowest BCUT2D eigenvalue weighted by Gasteiger charge is -2.37. The molecule has 0 amide bonds. The maximum Gasteiger partial charge on any atom is 0.211 e. The van der Waals surface area contributed by atoms with E-state index in [1.165, 1.54) is 6.26 Å². The van der Waals surface area contributed by atoms with Crippen molar-refractivity contribution in [1.29, 1.82) is 0 Å². The van der Waals surface area contributed by atoms with Gasteiger partial charge >= 0.3 is 0 Å². The van der Waals surface area contributed by atoms with E-state index in [0.29, 0.717) is 19.0 Å². The topological polar surface area (TPSA) is 57.7 Å². The van der Waals surface area contributed by atoms with Gasteiger partial charge in [-0.05, 0) is 38.1 Å². The number of likely N-dealkylation sites (tertiary alicyclic amines) is 1. The van der Waals surface area contributed by atoms with Crippen LogP contribution in [-0.4, -0.2) is 62.9 Å². The number of hydrogen-bond acceptors (Lipinski definition) is 4. The van der Waals surface area contributed by atoms with E-state index < -0.39 is 10.0 Å². The van der Waals surface area contributed by atoms with E-state index in [1.54, 1.807) is 4.31 Å². The van der Waals surface area contributed by atoms with Crippen molar-refractivity contribution in [1.82, 2.24) is 9.21 Å². The molecule has 0 saturated carbocycles. The molecular weight excluding hydrogens is 264 g/mol. The summed E-state index contributed by atoms with van der Waals surface area (Å²) in [6.07, 6.45) is 6.47. The Bertz CT molecular complexity index is 410. The van der Waals surface area contributed by atoms with Crippen LogP contribution in [0, 0.1) is 11.8 Å². The fraction of sp³-hybridized carbons (Fsp3) is 0.923. The van der Waals surface area contributed by atoms with Crippen molar-refractivity contribution in [3.63, 3.8) is 0 Å². The second-order valence-electron chi connectivity index (χ2n) is 5.93. The van der Waals surface area contributed by atoms with Crippen LogP contribution in [-0.2, 0) is 14.8 Å². The quantitative estimate of drug-likeness (QED) is 0.710. The average Bonchev–Trinajstić information content (AvgIpc) is 2.38. The maximum atomic E-state index is 11.6. The smallest absolute Gasteiger partial charge is 0.211 e. The SMILES string of the molecule is CS(=O)(=O)N1CCCC(CN2CCCC(C=O)C2)C1. The van der Waals surface area contributed by atoms with Crippen LogP contribution in [0.3, 0.4) is 0 Å². The van der Waals surface area contributed by atoms with Crippen LogP contribution in [0.1, 0.15) is 25.7 Å². The van der Waals surface area contributed by atoms with Gasteiger partial charge in [0, 0.05) is 32.1 Å². The fourth-order valence-electron chi connectivity index (χ4n) is 3.21. The monoisotopic (exact) mass is 288 g/mol. The number of carbonyl (C=O) groups excluding carboxylic acids is 1. The third-order valence-electron chi connectivity index (χ3n) is 4.20. The number of rotatable bonds is 4. The lowest BCUT2D eigenvalue weighted by Crippen LogP contribution is -2.45. The number of carbonyl (C=O) groups is 1. The highest BCUT2D eigenvalue weighted by Crippen LogP contribution is 2.22. The van der Waals surface area contributed by atoms with E-state index in [-0.39, 0.29) is 5.92 Å². The Labute approximate surface area is 116 Å². The highest BCUT2D eigenvalue weighted by atomic mass is 32.2. The van der Waals surface area contributed by atoms with Gasteiger partial charge in [-0.3, -0.25) is 0 Å². The lowest BCUT2D eigenvalue weighted by molar-refractivity contribution is -0.112. The van der Waals surface area contributed by atoms with Crippen LogP contribution < -0.4 is 0 Å². The van der Waals surface area contributed by atoms with E-state index in [2.05, 4.69) is 4.90 Å². The summed E-state index contributed by atoms with van der Waals surface area (Å²) < 4.78 is 24.8. The Kier molecular flexibility index (Phi) is 4.97. The first-order valence-corrected chi connectivity index (χ1v) is 8.96. The van der Waals surface area contributed by atoms with E-state index >= 15 is 0 Å². The molecule has 5 nitrogen and oxygen atoms in total. The summed E-state index contributed by atoms with van der Waals surface area (Å²) >= 11 is 0. The Hall–Kier alpha value is -0.460.